The van der Waals surface area contributed by atoms with Gasteiger partial charge >= 0.3 is 5.97 Å². The van der Waals surface area contributed by atoms with Crippen LogP contribution in [-0.4, -0.2) is 18.3 Å². The van der Waals surface area contributed by atoms with Gasteiger partial charge in [-0.2, -0.15) is 0 Å². The predicted octanol–water partition coefficient (Wildman–Crippen LogP) is 2.79. The zero-order valence-corrected chi connectivity index (χ0v) is 9.12. The summed E-state index contributed by atoms with van der Waals surface area (Å²) >= 11 is 3.17. The van der Waals surface area contributed by atoms with Gasteiger partial charge in [-0.25, -0.2) is 0 Å². The summed E-state index contributed by atoms with van der Waals surface area (Å²) in [5.41, 5.74) is 0. The Balaban J connectivity index is 2.15. The molecule has 2 nitrogen and oxygen atoms in total. The van der Waals surface area contributed by atoms with Gasteiger partial charge in [-0.3, -0.25) is 4.79 Å². The molecule has 0 fully saturated rings. The third-order valence-corrected chi connectivity index (χ3v) is 3.40. The van der Waals surface area contributed by atoms with Gasteiger partial charge in [0.2, 0.25) is 0 Å². The number of ether oxygens (including phenoxy) is 1. The quantitative estimate of drug-likeness (QED) is 0.559. The van der Waals surface area contributed by atoms with Crippen molar-refractivity contribution >= 4 is 29.1 Å². The van der Waals surface area contributed by atoms with E-state index < -0.39 is 0 Å². The van der Waals surface area contributed by atoms with Crippen LogP contribution in [0.3, 0.4) is 0 Å². The third kappa shape index (κ3) is 4.33. The Kier molecular flexibility index (Phi) is 4.93. The van der Waals surface area contributed by atoms with Gasteiger partial charge in [-0.05, 0) is 17.9 Å². The van der Waals surface area contributed by atoms with Crippen molar-refractivity contribution in [1.29, 1.82) is 0 Å². The molecule has 0 bridgehead atoms. The summed E-state index contributed by atoms with van der Waals surface area (Å²) in [5, 5.41) is 2.00. The molecule has 1 heterocycles. The fraction of sp³-hybridized carbons (Fsp3) is 0.444. The van der Waals surface area contributed by atoms with Crippen LogP contribution in [0.25, 0.3) is 0 Å². The fourth-order valence-electron chi connectivity index (χ4n) is 0.733. The average molecular weight is 216 g/mol. The van der Waals surface area contributed by atoms with Gasteiger partial charge in [-0.15, -0.1) is 23.1 Å². The Labute approximate surface area is 86.3 Å². The molecular formula is C9H12O2S2. The minimum atomic E-state index is -0.125. The van der Waals surface area contributed by atoms with Crippen LogP contribution in [0.15, 0.2) is 21.7 Å². The number of hydrogen-bond donors (Lipinski definition) is 0. The molecule has 1 aromatic rings. The maximum Gasteiger partial charge on any atom is 0.316 e. The second-order valence-corrected chi connectivity index (χ2v) is 4.66. The normalized spacial score (nSPS) is 9.92. The van der Waals surface area contributed by atoms with Gasteiger partial charge in [0.25, 0.3) is 0 Å². The van der Waals surface area contributed by atoms with Crippen molar-refractivity contribution in [3.8, 4) is 0 Å². The highest BCUT2D eigenvalue weighted by Crippen LogP contribution is 2.23. The molecule has 0 saturated heterocycles. The number of rotatable bonds is 5. The smallest absolute Gasteiger partial charge is 0.316 e. The Bertz CT molecular complexity index is 244. The molecule has 0 aliphatic carbocycles. The zero-order valence-electron chi connectivity index (χ0n) is 7.49. The van der Waals surface area contributed by atoms with Crippen LogP contribution in [0.5, 0.6) is 0 Å². The van der Waals surface area contributed by atoms with Crippen molar-refractivity contribution in [1.82, 2.24) is 0 Å². The highest BCUT2D eigenvalue weighted by atomic mass is 32.2. The SMILES string of the molecule is CCCOC(=O)CSc1cccs1. The zero-order chi connectivity index (χ0) is 9.52. The van der Waals surface area contributed by atoms with Crippen molar-refractivity contribution in [3.05, 3.63) is 17.5 Å². The summed E-state index contributed by atoms with van der Waals surface area (Å²) in [6, 6.07) is 3.98. The van der Waals surface area contributed by atoms with Crippen LogP contribution in [0, 0.1) is 0 Å². The second kappa shape index (κ2) is 6.05. The highest BCUT2D eigenvalue weighted by molar-refractivity contribution is 8.01. The first-order valence-electron chi connectivity index (χ1n) is 4.15. The molecule has 0 N–H and O–H groups in total. The van der Waals surface area contributed by atoms with E-state index in [4.69, 9.17) is 4.74 Å². The van der Waals surface area contributed by atoms with Crippen LogP contribution in [-0.2, 0) is 9.53 Å². The summed E-state index contributed by atoms with van der Waals surface area (Å²) < 4.78 is 6.09. The van der Waals surface area contributed by atoms with Crippen LogP contribution >= 0.6 is 23.1 Å². The molecule has 1 rings (SSSR count). The lowest BCUT2D eigenvalue weighted by atomic mass is 10.5. The summed E-state index contributed by atoms with van der Waals surface area (Å²) in [7, 11) is 0. The Morgan fingerprint density at radius 3 is 3.15 bits per heavy atom. The molecule has 1 aromatic heterocycles. The van der Waals surface area contributed by atoms with E-state index in [0.29, 0.717) is 12.4 Å². The molecule has 4 heteroatoms. The third-order valence-electron chi connectivity index (χ3n) is 1.29. The van der Waals surface area contributed by atoms with Crippen LogP contribution in [0.4, 0.5) is 0 Å². The van der Waals surface area contributed by atoms with E-state index in [1.54, 1.807) is 11.3 Å². The standard InChI is InChI=1S/C9H12O2S2/c1-2-5-11-8(10)7-13-9-4-3-6-12-9/h3-4,6H,2,5,7H2,1H3. The first kappa shape index (κ1) is 10.6. The number of thioether (sulfide) groups is 1. The monoisotopic (exact) mass is 216 g/mol. The molecule has 0 unspecified atom stereocenters. The van der Waals surface area contributed by atoms with Crippen molar-refractivity contribution < 1.29 is 9.53 Å². The van der Waals surface area contributed by atoms with Crippen molar-refractivity contribution in [2.24, 2.45) is 0 Å². The Hall–Kier alpha value is -0.480. The van der Waals surface area contributed by atoms with E-state index in [0.717, 1.165) is 10.6 Å². The maximum absolute atomic E-state index is 11.1. The van der Waals surface area contributed by atoms with Crippen LogP contribution in [0.1, 0.15) is 13.3 Å². The average Bonchev–Trinajstić information content (AvgIpc) is 2.64. The van der Waals surface area contributed by atoms with Gasteiger partial charge in [0.15, 0.2) is 0 Å². The molecule has 0 radical (unpaired) electrons. The molecule has 0 aliphatic heterocycles. The summed E-state index contributed by atoms with van der Waals surface area (Å²) in [6.45, 7) is 2.52. The minimum absolute atomic E-state index is 0.125. The van der Waals surface area contributed by atoms with E-state index in [1.165, 1.54) is 11.8 Å². The van der Waals surface area contributed by atoms with Crippen molar-refractivity contribution in [2.75, 3.05) is 12.4 Å². The maximum atomic E-state index is 11.1. The number of carbonyl (C=O) groups is 1. The van der Waals surface area contributed by atoms with Gasteiger partial charge in [-0.1, -0.05) is 13.0 Å². The fourth-order valence-corrected chi connectivity index (χ4v) is 2.32. The lowest BCUT2D eigenvalue weighted by Crippen LogP contribution is -2.07. The van der Waals surface area contributed by atoms with E-state index >= 15 is 0 Å². The van der Waals surface area contributed by atoms with Gasteiger partial charge in [0.1, 0.15) is 0 Å². The topological polar surface area (TPSA) is 26.3 Å². The predicted molar refractivity (Wildman–Crippen MR) is 56.3 cm³/mol. The lowest BCUT2D eigenvalue weighted by Gasteiger charge is -2.00. The van der Waals surface area contributed by atoms with E-state index in [2.05, 4.69) is 0 Å². The first-order valence-corrected chi connectivity index (χ1v) is 6.01. The van der Waals surface area contributed by atoms with E-state index in [9.17, 15) is 4.79 Å². The number of carbonyl (C=O) groups excluding carboxylic acids is 1. The minimum Gasteiger partial charge on any atom is -0.465 e. The van der Waals surface area contributed by atoms with Crippen molar-refractivity contribution in [2.45, 2.75) is 17.6 Å². The number of thiophene rings is 1. The molecule has 0 saturated carbocycles. The van der Waals surface area contributed by atoms with Crippen LogP contribution < -0.4 is 0 Å². The van der Waals surface area contributed by atoms with E-state index in [-0.39, 0.29) is 5.97 Å². The number of hydrogen-bond acceptors (Lipinski definition) is 4. The van der Waals surface area contributed by atoms with Gasteiger partial charge in [0, 0.05) is 0 Å². The second-order valence-electron chi connectivity index (χ2n) is 2.44. The number of esters is 1. The Morgan fingerprint density at radius 1 is 1.69 bits per heavy atom. The molecule has 72 valence electrons. The van der Waals surface area contributed by atoms with Crippen LogP contribution in [0.2, 0.25) is 0 Å². The molecule has 0 aromatic carbocycles. The highest BCUT2D eigenvalue weighted by Gasteiger charge is 2.03. The molecular weight excluding hydrogens is 204 g/mol. The molecule has 0 amide bonds. The summed E-state index contributed by atoms with van der Waals surface area (Å²) in [5.74, 6) is 0.292. The first-order chi connectivity index (χ1) is 6.33. The van der Waals surface area contributed by atoms with Gasteiger partial charge < -0.3 is 4.74 Å². The molecule has 0 spiro atoms. The summed E-state index contributed by atoms with van der Waals surface area (Å²) in [4.78, 5) is 11.1. The molecule has 0 atom stereocenters. The summed E-state index contributed by atoms with van der Waals surface area (Å²) in [6.07, 6.45) is 0.884. The molecule has 0 aliphatic rings. The Morgan fingerprint density at radius 2 is 2.54 bits per heavy atom. The lowest BCUT2D eigenvalue weighted by molar-refractivity contribution is -0.140. The largest absolute Gasteiger partial charge is 0.465 e. The molecule has 13 heavy (non-hydrogen) atoms. The van der Waals surface area contributed by atoms with E-state index in [1.807, 2.05) is 24.4 Å². The van der Waals surface area contributed by atoms with Gasteiger partial charge in [0.05, 0.1) is 16.6 Å². The van der Waals surface area contributed by atoms with Crippen molar-refractivity contribution in [3.63, 3.8) is 0 Å².